The van der Waals surface area contributed by atoms with E-state index in [-0.39, 0.29) is 5.91 Å². The first-order chi connectivity index (χ1) is 10.1. The van der Waals surface area contributed by atoms with E-state index < -0.39 is 0 Å². The summed E-state index contributed by atoms with van der Waals surface area (Å²) in [5.41, 5.74) is 0.535. The smallest absolute Gasteiger partial charge is 0.265 e. The average Bonchev–Trinajstić information content (AvgIpc) is 2.88. The number of carbonyl (C=O) groups is 1. The number of rotatable bonds is 6. The number of anilines is 1. The van der Waals surface area contributed by atoms with Crippen molar-refractivity contribution in [1.29, 1.82) is 0 Å². The van der Waals surface area contributed by atoms with Gasteiger partial charge in [0.05, 0.1) is 21.0 Å². The summed E-state index contributed by atoms with van der Waals surface area (Å²) < 4.78 is 11.4. The fourth-order valence-corrected chi connectivity index (χ4v) is 3.03. The van der Waals surface area contributed by atoms with Crippen LogP contribution in [0.2, 0.25) is 5.02 Å². The van der Waals surface area contributed by atoms with E-state index >= 15 is 0 Å². The number of benzene rings is 1. The summed E-state index contributed by atoms with van der Waals surface area (Å²) in [6, 6.07) is 8.66. The topological polar surface area (TPSA) is 47.6 Å². The van der Waals surface area contributed by atoms with E-state index in [2.05, 4.69) is 21.2 Å². The van der Waals surface area contributed by atoms with Gasteiger partial charge in [-0.25, -0.2) is 0 Å². The molecule has 2 rings (SSSR count). The van der Waals surface area contributed by atoms with Crippen LogP contribution in [-0.2, 0) is 4.74 Å². The van der Waals surface area contributed by atoms with Crippen molar-refractivity contribution in [3.63, 3.8) is 0 Å². The molecular weight excluding hydrogens is 378 g/mol. The Labute approximate surface area is 140 Å². The monoisotopic (exact) mass is 389 g/mol. The van der Waals surface area contributed by atoms with Gasteiger partial charge in [0.15, 0.2) is 0 Å². The number of carbonyl (C=O) groups excluding carboxylic acids is 1. The van der Waals surface area contributed by atoms with E-state index in [0.29, 0.717) is 34.6 Å². The van der Waals surface area contributed by atoms with Gasteiger partial charge in [0.2, 0.25) is 0 Å². The quantitative estimate of drug-likeness (QED) is 0.742. The van der Waals surface area contributed by atoms with Crippen LogP contribution in [0.25, 0.3) is 0 Å². The molecule has 0 aliphatic rings. The van der Waals surface area contributed by atoms with Gasteiger partial charge in [-0.2, -0.15) is 0 Å². The third-order valence-corrected chi connectivity index (χ3v) is 4.39. The van der Waals surface area contributed by atoms with Gasteiger partial charge in [-0.1, -0.05) is 11.6 Å². The molecule has 0 spiro atoms. The lowest BCUT2D eigenvalue weighted by atomic mass is 10.3. The summed E-state index contributed by atoms with van der Waals surface area (Å²) in [4.78, 5) is 12.8. The molecule has 0 unspecified atom stereocenters. The normalized spacial score (nSPS) is 10.4. The maximum absolute atomic E-state index is 12.2. The molecule has 1 aromatic carbocycles. The number of halogens is 2. The number of nitrogens with one attached hydrogen (secondary N) is 1. The van der Waals surface area contributed by atoms with Gasteiger partial charge in [-0.15, -0.1) is 11.3 Å². The molecule has 0 saturated heterocycles. The fraction of sp³-hybridized carbons (Fsp3) is 0.214. The van der Waals surface area contributed by atoms with Gasteiger partial charge in [0, 0.05) is 12.1 Å². The Morgan fingerprint density at radius 3 is 2.81 bits per heavy atom. The zero-order valence-electron chi connectivity index (χ0n) is 11.2. The van der Waals surface area contributed by atoms with Crippen molar-refractivity contribution >= 4 is 50.5 Å². The van der Waals surface area contributed by atoms with Gasteiger partial charge in [-0.05, 0) is 46.3 Å². The van der Waals surface area contributed by atoms with Gasteiger partial charge in [0.25, 0.3) is 5.91 Å². The van der Waals surface area contributed by atoms with Crippen molar-refractivity contribution in [3.05, 3.63) is 44.0 Å². The van der Waals surface area contributed by atoms with Gasteiger partial charge < -0.3 is 14.8 Å². The van der Waals surface area contributed by atoms with Crippen molar-refractivity contribution in [3.8, 4) is 5.75 Å². The molecule has 21 heavy (non-hydrogen) atoms. The van der Waals surface area contributed by atoms with E-state index in [1.807, 2.05) is 6.07 Å². The van der Waals surface area contributed by atoms with Crippen LogP contribution in [0, 0.1) is 0 Å². The van der Waals surface area contributed by atoms with Gasteiger partial charge in [0.1, 0.15) is 12.4 Å². The zero-order valence-corrected chi connectivity index (χ0v) is 14.3. The molecule has 1 heterocycles. The summed E-state index contributed by atoms with van der Waals surface area (Å²) in [6.07, 6.45) is 0. The molecule has 0 bridgehead atoms. The van der Waals surface area contributed by atoms with Crippen LogP contribution in [0.15, 0.2) is 34.1 Å². The second-order valence-electron chi connectivity index (χ2n) is 4.04. The molecule has 1 amide bonds. The molecule has 0 fully saturated rings. The molecule has 112 valence electrons. The molecular formula is C14H13BrClNO3S. The van der Waals surface area contributed by atoms with Crippen molar-refractivity contribution in [2.75, 3.05) is 25.6 Å². The lowest BCUT2D eigenvalue weighted by Crippen LogP contribution is -2.12. The van der Waals surface area contributed by atoms with Gasteiger partial charge >= 0.3 is 0 Å². The molecule has 0 saturated carbocycles. The third-order valence-electron chi connectivity index (χ3n) is 2.53. The summed E-state index contributed by atoms with van der Waals surface area (Å²) in [5.74, 6) is 0.352. The zero-order chi connectivity index (χ0) is 15.2. The van der Waals surface area contributed by atoms with Crippen molar-refractivity contribution < 1.29 is 14.3 Å². The highest BCUT2D eigenvalue weighted by Crippen LogP contribution is 2.29. The standard InChI is InChI=1S/C14H13BrClNO3S/c1-19-6-7-20-11-3-2-9(16)8-10(11)17-14(18)12-4-5-13(15)21-12/h2-5,8H,6-7H2,1H3,(H,17,18). The highest BCUT2D eigenvalue weighted by molar-refractivity contribution is 9.11. The molecule has 1 aromatic heterocycles. The first-order valence-electron chi connectivity index (χ1n) is 6.08. The number of amides is 1. The van der Waals surface area contributed by atoms with E-state index in [0.717, 1.165) is 3.79 Å². The Kier molecular flexibility index (Phi) is 6.05. The van der Waals surface area contributed by atoms with Crippen LogP contribution in [0.3, 0.4) is 0 Å². The number of hydrogen-bond donors (Lipinski definition) is 1. The molecule has 0 aliphatic carbocycles. The summed E-state index contributed by atoms with van der Waals surface area (Å²) in [7, 11) is 1.60. The number of ether oxygens (including phenoxy) is 2. The molecule has 2 aromatic rings. The van der Waals surface area contributed by atoms with Crippen molar-refractivity contribution in [1.82, 2.24) is 0 Å². The van der Waals surface area contributed by atoms with E-state index in [1.165, 1.54) is 11.3 Å². The Morgan fingerprint density at radius 1 is 1.33 bits per heavy atom. The highest BCUT2D eigenvalue weighted by atomic mass is 79.9. The highest BCUT2D eigenvalue weighted by Gasteiger charge is 2.12. The lowest BCUT2D eigenvalue weighted by Gasteiger charge is -2.12. The van der Waals surface area contributed by atoms with Gasteiger partial charge in [-0.3, -0.25) is 4.79 Å². The number of methoxy groups -OCH3 is 1. The summed E-state index contributed by atoms with van der Waals surface area (Å²) in [6.45, 7) is 0.861. The van der Waals surface area contributed by atoms with Crippen LogP contribution in [-0.4, -0.2) is 26.2 Å². The largest absolute Gasteiger partial charge is 0.489 e. The van der Waals surface area contributed by atoms with Crippen LogP contribution < -0.4 is 10.1 Å². The van der Waals surface area contributed by atoms with Crippen LogP contribution in [0.4, 0.5) is 5.69 Å². The molecule has 7 heteroatoms. The third kappa shape index (κ3) is 4.71. The van der Waals surface area contributed by atoms with Crippen LogP contribution >= 0.6 is 38.9 Å². The molecule has 0 radical (unpaired) electrons. The van der Waals surface area contributed by atoms with Crippen molar-refractivity contribution in [2.24, 2.45) is 0 Å². The average molecular weight is 391 g/mol. The molecule has 1 N–H and O–H groups in total. The van der Waals surface area contributed by atoms with Crippen molar-refractivity contribution in [2.45, 2.75) is 0 Å². The fourth-order valence-electron chi connectivity index (χ4n) is 1.58. The Morgan fingerprint density at radius 2 is 2.14 bits per heavy atom. The maximum Gasteiger partial charge on any atom is 0.265 e. The predicted octanol–water partition coefficient (Wildman–Crippen LogP) is 4.44. The minimum atomic E-state index is -0.204. The molecule has 0 atom stereocenters. The second-order valence-corrected chi connectivity index (χ2v) is 6.94. The molecule has 4 nitrogen and oxygen atoms in total. The SMILES string of the molecule is COCCOc1ccc(Cl)cc1NC(=O)c1ccc(Br)s1. The Hall–Kier alpha value is -1.08. The first-order valence-corrected chi connectivity index (χ1v) is 8.07. The second kappa shape index (κ2) is 7.79. The first kappa shape index (κ1) is 16.3. The Bertz CT molecular complexity index is 632. The minimum absolute atomic E-state index is 0.204. The predicted molar refractivity (Wildman–Crippen MR) is 88.8 cm³/mol. The number of hydrogen-bond acceptors (Lipinski definition) is 4. The summed E-state index contributed by atoms with van der Waals surface area (Å²) in [5, 5.41) is 3.33. The summed E-state index contributed by atoms with van der Waals surface area (Å²) >= 11 is 10.7. The van der Waals surface area contributed by atoms with E-state index in [9.17, 15) is 4.79 Å². The number of thiophene rings is 1. The maximum atomic E-state index is 12.2. The van der Waals surface area contributed by atoms with Crippen LogP contribution in [0.5, 0.6) is 5.75 Å². The van der Waals surface area contributed by atoms with Crippen LogP contribution in [0.1, 0.15) is 9.67 Å². The Balaban J connectivity index is 2.13. The lowest BCUT2D eigenvalue weighted by molar-refractivity contribution is 0.102. The minimum Gasteiger partial charge on any atom is -0.489 e. The molecule has 0 aliphatic heterocycles. The van der Waals surface area contributed by atoms with E-state index in [4.69, 9.17) is 21.1 Å². The van der Waals surface area contributed by atoms with E-state index in [1.54, 1.807) is 31.4 Å².